The van der Waals surface area contributed by atoms with E-state index in [0.29, 0.717) is 24.4 Å². The Morgan fingerprint density at radius 3 is 2.57 bits per heavy atom. The quantitative estimate of drug-likeness (QED) is 0.761. The number of aliphatic hydroxyl groups excluding tert-OH is 1. The van der Waals surface area contributed by atoms with Crippen molar-refractivity contribution in [1.29, 1.82) is 0 Å². The topological polar surface area (TPSA) is 76.1 Å². The van der Waals surface area contributed by atoms with Crippen molar-refractivity contribution in [3.8, 4) is 5.75 Å². The van der Waals surface area contributed by atoms with Gasteiger partial charge in [0.05, 0.1) is 23.8 Å². The first-order valence-electron chi connectivity index (χ1n) is 9.26. The van der Waals surface area contributed by atoms with Crippen molar-refractivity contribution in [2.45, 2.75) is 62.1 Å². The molecule has 0 bridgehead atoms. The van der Waals surface area contributed by atoms with Crippen molar-refractivity contribution in [2.24, 2.45) is 0 Å². The molecule has 1 aromatic carbocycles. The van der Waals surface area contributed by atoms with Crippen LogP contribution < -0.4 is 4.74 Å². The molecule has 1 amide bonds. The first kappa shape index (κ1) is 21.3. The maximum Gasteiger partial charge on any atom is 0.402 e. The number of ether oxygens (including phenoxy) is 1. The fourth-order valence-corrected chi connectivity index (χ4v) is 4.40. The number of carbonyl (C=O) groups excluding carboxylic acids is 1. The van der Waals surface area contributed by atoms with Crippen LogP contribution in [0.3, 0.4) is 0 Å². The molecule has 2 aliphatic heterocycles. The van der Waals surface area contributed by atoms with Gasteiger partial charge in [-0.1, -0.05) is 0 Å². The fraction of sp³-hybridized carbons (Fsp3) is 0.632. The second kappa shape index (κ2) is 7.78. The number of hydrogen-bond donors (Lipinski definition) is 1. The standard InChI is InChI=1S/C19H26F2N2O4S/c1-11(2)22-7-8-23(15(24)10-22)16-13-9-12(28(26)18(20)21)5-6-14(13)27-19(3,4)17(16)25/h5-6,9,11,16-18,25H,7-8,10H2,1-4H3/t16-,17+,28?/m1/s1. The first-order chi connectivity index (χ1) is 13.0. The van der Waals surface area contributed by atoms with Crippen LogP contribution >= 0.6 is 0 Å². The molecule has 0 saturated carbocycles. The summed E-state index contributed by atoms with van der Waals surface area (Å²) in [5, 5.41) is 11.0. The van der Waals surface area contributed by atoms with Gasteiger partial charge in [0.15, 0.2) is 4.90 Å². The third kappa shape index (κ3) is 3.85. The Morgan fingerprint density at radius 1 is 1.32 bits per heavy atom. The summed E-state index contributed by atoms with van der Waals surface area (Å²) in [6.07, 6.45) is -1.07. The molecule has 0 aliphatic carbocycles. The van der Waals surface area contributed by atoms with Crippen LogP contribution in [0.25, 0.3) is 0 Å². The van der Waals surface area contributed by atoms with Crippen molar-refractivity contribution in [2.75, 3.05) is 19.6 Å². The second-order valence-corrected chi connectivity index (χ2v) is 9.43. The summed E-state index contributed by atoms with van der Waals surface area (Å²) in [5.74, 6) is -2.76. The third-order valence-electron chi connectivity index (χ3n) is 5.43. The number of carbonyl (C=O) groups is 1. The highest BCUT2D eigenvalue weighted by atomic mass is 32.2. The molecule has 28 heavy (non-hydrogen) atoms. The molecule has 156 valence electrons. The van der Waals surface area contributed by atoms with Crippen LogP contribution in [0.1, 0.15) is 39.3 Å². The number of alkyl halides is 2. The van der Waals surface area contributed by atoms with Gasteiger partial charge in [-0.3, -0.25) is 9.69 Å². The number of rotatable bonds is 4. The number of fused-ring (bicyclic) bond motifs is 1. The van der Waals surface area contributed by atoms with E-state index in [1.165, 1.54) is 18.2 Å². The van der Waals surface area contributed by atoms with E-state index in [1.807, 2.05) is 18.7 Å². The van der Waals surface area contributed by atoms with E-state index < -0.39 is 34.7 Å². The lowest BCUT2D eigenvalue weighted by molar-refractivity contribution is -0.151. The van der Waals surface area contributed by atoms with Gasteiger partial charge >= 0.3 is 5.76 Å². The number of piperazine rings is 1. The summed E-state index contributed by atoms with van der Waals surface area (Å²) < 4.78 is 43.6. The second-order valence-electron chi connectivity index (χ2n) is 8.00. The van der Waals surface area contributed by atoms with E-state index in [0.717, 1.165) is 0 Å². The zero-order valence-electron chi connectivity index (χ0n) is 16.4. The Labute approximate surface area is 166 Å². The molecule has 6 nitrogen and oxygen atoms in total. The van der Waals surface area contributed by atoms with Crippen LogP contribution in [-0.2, 0) is 16.0 Å². The van der Waals surface area contributed by atoms with E-state index in [1.54, 1.807) is 18.7 Å². The molecular formula is C19H26F2N2O4S. The lowest BCUT2D eigenvalue weighted by Gasteiger charge is -2.48. The van der Waals surface area contributed by atoms with Gasteiger partial charge in [-0.15, -0.1) is 0 Å². The highest BCUT2D eigenvalue weighted by Gasteiger charge is 2.48. The SMILES string of the molecule is CC(C)N1CCN([C@@H]2c3cc([S+]([O-])C(F)F)ccc3OC(C)(C)[C@H]2O)C(=O)C1. The normalized spacial score (nSPS) is 26.4. The Morgan fingerprint density at radius 2 is 2.00 bits per heavy atom. The summed E-state index contributed by atoms with van der Waals surface area (Å²) in [5.41, 5.74) is -0.569. The van der Waals surface area contributed by atoms with Crippen molar-refractivity contribution < 1.29 is 28.0 Å². The van der Waals surface area contributed by atoms with Crippen LogP contribution in [-0.4, -0.2) is 68.5 Å². The summed E-state index contributed by atoms with van der Waals surface area (Å²) in [6.45, 7) is 8.72. The van der Waals surface area contributed by atoms with Crippen molar-refractivity contribution in [3.63, 3.8) is 0 Å². The number of halogens is 2. The number of aliphatic hydroxyl groups is 1. The molecule has 1 N–H and O–H groups in total. The Balaban J connectivity index is 2.00. The van der Waals surface area contributed by atoms with Crippen LogP contribution in [0.4, 0.5) is 8.78 Å². The first-order valence-corrected chi connectivity index (χ1v) is 10.5. The molecule has 1 aromatic rings. The molecule has 1 unspecified atom stereocenters. The monoisotopic (exact) mass is 416 g/mol. The lowest BCUT2D eigenvalue weighted by atomic mass is 9.85. The molecule has 2 heterocycles. The van der Waals surface area contributed by atoms with Crippen molar-refractivity contribution >= 4 is 17.1 Å². The molecule has 3 atom stereocenters. The average molecular weight is 416 g/mol. The van der Waals surface area contributed by atoms with Crippen molar-refractivity contribution in [3.05, 3.63) is 23.8 Å². The van der Waals surface area contributed by atoms with Gasteiger partial charge in [0.2, 0.25) is 5.91 Å². The zero-order valence-corrected chi connectivity index (χ0v) is 17.2. The van der Waals surface area contributed by atoms with E-state index in [-0.39, 0.29) is 23.4 Å². The lowest BCUT2D eigenvalue weighted by Crippen LogP contribution is -2.59. The van der Waals surface area contributed by atoms with Gasteiger partial charge in [-0.2, -0.15) is 8.78 Å². The van der Waals surface area contributed by atoms with Gasteiger partial charge in [-0.25, -0.2) is 0 Å². The predicted molar refractivity (Wildman–Crippen MR) is 101 cm³/mol. The highest BCUT2D eigenvalue weighted by Crippen LogP contribution is 2.44. The summed E-state index contributed by atoms with van der Waals surface area (Å²) >= 11 is -2.49. The highest BCUT2D eigenvalue weighted by molar-refractivity contribution is 7.91. The molecule has 0 aromatic heterocycles. The van der Waals surface area contributed by atoms with Crippen molar-refractivity contribution in [1.82, 2.24) is 9.80 Å². The van der Waals surface area contributed by atoms with E-state index in [4.69, 9.17) is 4.74 Å². The molecule has 0 spiro atoms. The van der Waals surface area contributed by atoms with Gasteiger partial charge < -0.3 is 19.3 Å². The maximum atomic E-state index is 12.9. The van der Waals surface area contributed by atoms with Gasteiger partial charge in [0.1, 0.15) is 17.5 Å². The molecular weight excluding hydrogens is 390 g/mol. The fourth-order valence-electron chi connectivity index (χ4n) is 3.75. The van der Waals surface area contributed by atoms with E-state index in [2.05, 4.69) is 0 Å². The Bertz CT molecular complexity index is 747. The van der Waals surface area contributed by atoms with Gasteiger partial charge in [0.25, 0.3) is 0 Å². The molecule has 1 fully saturated rings. The molecule has 1 saturated heterocycles. The Hall–Kier alpha value is -1.42. The largest absolute Gasteiger partial charge is 0.607 e. The Kier molecular flexibility index (Phi) is 5.91. The van der Waals surface area contributed by atoms with Gasteiger partial charge in [0, 0.05) is 30.8 Å². The minimum atomic E-state index is -3.02. The smallest absolute Gasteiger partial charge is 0.402 e. The number of nitrogens with zero attached hydrogens (tertiary/aromatic N) is 2. The van der Waals surface area contributed by atoms with Crippen LogP contribution in [0.2, 0.25) is 0 Å². The van der Waals surface area contributed by atoms with Crippen LogP contribution in [0.15, 0.2) is 23.1 Å². The van der Waals surface area contributed by atoms with E-state index in [9.17, 15) is 23.2 Å². The van der Waals surface area contributed by atoms with E-state index >= 15 is 0 Å². The summed E-state index contributed by atoms with van der Waals surface area (Å²) in [6, 6.07) is 3.65. The average Bonchev–Trinajstić information content (AvgIpc) is 2.62. The number of hydrogen-bond acceptors (Lipinski definition) is 5. The minimum Gasteiger partial charge on any atom is -0.607 e. The molecule has 9 heteroatoms. The molecule has 2 aliphatic rings. The minimum absolute atomic E-state index is 0.0532. The predicted octanol–water partition coefficient (Wildman–Crippen LogP) is 2.14. The number of benzene rings is 1. The third-order valence-corrected chi connectivity index (χ3v) is 6.47. The zero-order chi connectivity index (χ0) is 20.8. The number of amides is 1. The van der Waals surface area contributed by atoms with Crippen LogP contribution in [0, 0.1) is 0 Å². The van der Waals surface area contributed by atoms with Crippen LogP contribution in [0.5, 0.6) is 5.75 Å². The maximum absolute atomic E-state index is 12.9. The molecule has 3 rings (SSSR count). The van der Waals surface area contributed by atoms with Gasteiger partial charge in [-0.05, 0) is 39.8 Å². The summed E-state index contributed by atoms with van der Waals surface area (Å²) in [4.78, 5) is 16.4. The molecule has 0 radical (unpaired) electrons. The summed E-state index contributed by atoms with van der Waals surface area (Å²) in [7, 11) is 0.